The van der Waals surface area contributed by atoms with Crippen molar-refractivity contribution in [1.82, 2.24) is 14.5 Å². The Labute approximate surface area is 176 Å². The van der Waals surface area contributed by atoms with E-state index in [2.05, 4.69) is 76.3 Å². The molecule has 0 amide bonds. The molecule has 3 N–H and O–H groups in total. The van der Waals surface area contributed by atoms with E-state index in [1.807, 2.05) is 6.07 Å². The number of nitrogens with zero attached hydrogens (tertiary/aromatic N) is 3. The Bertz CT molecular complexity index is 1160. The maximum atomic E-state index is 6.33. The van der Waals surface area contributed by atoms with Crippen molar-refractivity contribution >= 4 is 46.0 Å². The third kappa shape index (κ3) is 3.75. The summed E-state index contributed by atoms with van der Waals surface area (Å²) in [5.74, 6) is 1.73. The Kier molecular flexibility index (Phi) is 5.09. The van der Waals surface area contributed by atoms with Gasteiger partial charge in [0.2, 0.25) is 5.95 Å². The second-order valence-electron chi connectivity index (χ2n) is 8.08. The number of nitrogen functional groups attached to an aromatic ring is 1. The van der Waals surface area contributed by atoms with Gasteiger partial charge in [0, 0.05) is 29.7 Å². The zero-order valence-electron chi connectivity index (χ0n) is 16.7. The number of nitrogens with one attached hydrogen (secondary N) is 1. The third-order valence-electron chi connectivity index (χ3n) is 5.55. The normalized spacial score (nSPS) is 13.8. The molecule has 0 aliphatic heterocycles. The molecule has 5 nitrogen and oxygen atoms in total. The van der Waals surface area contributed by atoms with Crippen molar-refractivity contribution in [2.75, 3.05) is 11.1 Å². The molecule has 5 rings (SSSR count). The van der Waals surface area contributed by atoms with E-state index in [0.717, 1.165) is 28.4 Å². The fourth-order valence-electron chi connectivity index (χ4n) is 3.75. The third-order valence-corrected chi connectivity index (χ3v) is 5.55. The van der Waals surface area contributed by atoms with Crippen molar-refractivity contribution in [3.05, 3.63) is 59.8 Å². The SMILES string of the molecule is CC(C)c1ccc(Cn2ccc3c4c(N)nc(NC5CC5)nc4ccc32)cc1.Cl. The van der Waals surface area contributed by atoms with Crippen LogP contribution in [0.3, 0.4) is 0 Å². The predicted molar refractivity (Wildman–Crippen MR) is 123 cm³/mol. The van der Waals surface area contributed by atoms with Crippen molar-refractivity contribution in [1.29, 1.82) is 0 Å². The first-order valence-corrected chi connectivity index (χ1v) is 9.99. The molecule has 0 saturated heterocycles. The Balaban J connectivity index is 0.00000205. The van der Waals surface area contributed by atoms with Gasteiger partial charge in [0.1, 0.15) is 5.82 Å². The molecule has 1 aliphatic rings. The molecule has 0 atom stereocenters. The van der Waals surface area contributed by atoms with Crippen LogP contribution in [-0.4, -0.2) is 20.6 Å². The van der Waals surface area contributed by atoms with Gasteiger partial charge in [-0.1, -0.05) is 38.1 Å². The van der Waals surface area contributed by atoms with E-state index in [1.165, 1.54) is 24.0 Å². The number of hydrogen-bond donors (Lipinski definition) is 2. The van der Waals surface area contributed by atoms with Gasteiger partial charge in [-0.25, -0.2) is 4.98 Å². The van der Waals surface area contributed by atoms with Gasteiger partial charge in [-0.2, -0.15) is 4.98 Å². The van der Waals surface area contributed by atoms with E-state index in [9.17, 15) is 0 Å². The lowest BCUT2D eigenvalue weighted by Crippen LogP contribution is -2.07. The number of aromatic nitrogens is 3. The minimum atomic E-state index is 0. The van der Waals surface area contributed by atoms with Crippen LogP contribution in [0.25, 0.3) is 21.8 Å². The number of fused-ring (bicyclic) bond motifs is 3. The first-order chi connectivity index (χ1) is 13.6. The van der Waals surface area contributed by atoms with Crippen LogP contribution in [-0.2, 0) is 6.54 Å². The molecule has 4 aromatic rings. The Morgan fingerprint density at radius 1 is 1.07 bits per heavy atom. The van der Waals surface area contributed by atoms with E-state index in [0.29, 0.717) is 23.7 Å². The Morgan fingerprint density at radius 2 is 1.83 bits per heavy atom. The maximum Gasteiger partial charge on any atom is 0.225 e. The number of benzene rings is 2. The molecule has 0 bridgehead atoms. The number of nitrogens with two attached hydrogens (primary N) is 1. The summed E-state index contributed by atoms with van der Waals surface area (Å²) in [6.45, 7) is 5.27. The predicted octanol–water partition coefficient (Wildman–Crippen LogP) is 5.33. The Morgan fingerprint density at radius 3 is 2.52 bits per heavy atom. The minimum absolute atomic E-state index is 0. The standard InChI is InChI=1S/C23H25N5.ClH/c1-14(2)16-5-3-15(4-6-16)13-28-12-11-18-20(28)10-9-19-21(18)22(24)27-23(26-19)25-17-7-8-17;/h3-6,9-12,14,17H,7-8,13H2,1-2H3,(H3,24,25,26,27);1H. The number of halogens is 1. The first-order valence-electron chi connectivity index (χ1n) is 9.99. The van der Waals surface area contributed by atoms with Gasteiger partial charge in [-0.3, -0.25) is 0 Å². The summed E-state index contributed by atoms with van der Waals surface area (Å²) in [5, 5.41) is 5.38. The van der Waals surface area contributed by atoms with E-state index >= 15 is 0 Å². The average molecular weight is 408 g/mol. The smallest absolute Gasteiger partial charge is 0.225 e. The van der Waals surface area contributed by atoms with Crippen LogP contribution in [0.4, 0.5) is 11.8 Å². The van der Waals surface area contributed by atoms with Crippen molar-refractivity contribution < 1.29 is 0 Å². The number of hydrogen-bond acceptors (Lipinski definition) is 4. The summed E-state index contributed by atoms with van der Waals surface area (Å²) in [4.78, 5) is 9.17. The lowest BCUT2D eigenvalue weighted by atomic mass is 10.0. The van der Waals surface area contributed by atoms with Crippen LogP contribution in [0, 0.1) is 0 Å². The molecule has 150 valence electrons. The summed E-state index contributed by atoms with van der Waals surface area (Å²) >= 11 is 0. The lowest BCUT2D eigenvalue weighted by Gasteiger charge is -2.10. The van der Waals surface area contributed by atoms with Crippen LogP contribution in [0.15, 0.2) is 48.7 Å². The molecule has 0 radical (unpaired) electrons. The lowest BCUT2D eigenvalue weighted by molar-refractivity contribution is 0.829. The summed E-state index contributed by atoms with van der Waals surface area (Å²) in [7, 11) is 0. The second kappa shape index (κ2) is 7.56. The van der Waals surface area contributed by atoms with Crippen LogP contribution in [0.1, 0.15) is 43.7 Å². The topological polar surface area (TPSA) is 68.8 Å². The molecule has 2 aromatic carbocycles. The molecule has 0 spiro atoms. The average Bonchev–Trinajstić information content (AvgIpc) is 3.40. The van der Waals surface area contributed by atoms with Crippen molar-refractivity contribution in [3.8, 4) is 0 Å². The molecule has 6 heteroatoms. The summed E-state index contributed by atoms with van der Waals surface area (Å²) in [5.41, 5.74) is 11.0. The largest absolute Gasteiger partial charge is 0.383 e. The highest BCUT2D eigenvalue weighted by Gasteiger charge is 2.22. The van der Waals surface area contributed by atoms with Gasteiger partial charge in [-0.05, 0) is 48.1 Å². The molecular weight excluding hydrogens is 382 g/mol. The molecule has 2 heterocycles. The zero-order chi connectivity index (χ0) is 19.3. The van der Waals surface area contributed by atoms with Gasteiger partial charge in [0.15, 0.2) is 0 Å². The van der Waals surface area contributed by atoms with Gasteiger partial charge >= 0.3 is 0 Å². The monoisotopic (exact) mass is 407 g/mol. The van der Waals surface area contributed by atoms with E-state index < -0.39 is 0 Å². The van der Waals surface area contributed by atoms with Crippen LogP contribution >= 0.6 is 12.4 Å². The van der Waals surface area contributed by atoms with Crippen LogP contribution < -0.4 is 11.1 Å². The van der Waals surface area contributed by atoms with Gasteiger partial charge in [-0.15, -0.1) is 12.4 Å². The quantitative estimate of drug-likeness (QED) is 0.468. The van der Waals surface area contributed by atoms with E-state index in [4.69, 9.17) is 5.73 Å². The molecular formula is C23H26ClN5. The molecule has 0 unspecified atom stereocenters. The van der Waals surface area contributed by atoms with E-state index in [1.54, 1.807) is 0 Å². The molecule has 29 heavy (non-hydrogen) atoms. The molecule has 1 saturated carbocycles. The highest BCUT2D eigenvalue weighted by atomic mass is 35.5. The van der Waals surface area contributed by atoms with Crippen molar-refractivity contribution in [3.63, 3.8) is 0 Å². The number of rotatable bonds is 5. The highest BCUT2D eigenvalue weighted by molar-refractivity contribution is 6.10. The van der Waals surface area contributed by atoms with Crippen LogP contribution in [0.5, 0.6) is 0 Å². The molecule has 2 aromatic heterocycles. The molecule has 1 fully saturated rings. The summed E-state index contributed by atoms with van der Waals surface area (Å²) in [6.07, 6.45) is 4.49. The van der Waals surface area contributed by atoms with Gasteiger partial charge in [0.05, 0.1) is 10.9 Å². The minimum Gasteiger partial charge on any atom is -0.383 e. The Hall–Kier alpha value is -2.79. The molecule has 1 aliphatic carbocycles. The van der Waals surface area contributed by atoms with Crippen molar-refractivity contribution in [2.24, 2.45) is 0 Å². The summed E-state index contributed by atoms with van der Waals surface area (Å²) < 4.78 is 2.26. The zero-order valence-corrected chi connectivity index (χ0v) is 17.5. The van der Waals surface area contributed by atoms with Gasteiger partial charge in [0.25, 0.3) is 0 Å². The first kappa shape index (κ1) is 19.5. The second-order valence-corrected chi connectivity index (χ2v) is 8.08. The van der Waals surface area contributed by atoms with E-state index in [-0.39, 0.29) is 12.4 Å². The number of anilines is 2. The summed E-state index contributed by atoms with van der Waals surface area (Å²) in [6, 6.07) is 15.7. The fraction of sp³-hybridized carbons (Fsp3) is 0.304. The fourth-order valence-corrected chi connectivity index (χ4v) is 3.75. The maximum absolute atomic E-state index is 6.33. The van der Waals surface area contributed by atoms with Gasteiger partial charge < -0.3 is 15.6 Å². The van der Waals surface area contributed by atoms with Crippen LogP contribution in [0.2, 0.25) is 0 Å². The highest BCUT2D eigenvalue weighted by Crippen LogP contribution is 2.31. The van der Waals surface area contributed by atoms with Crippen molar-refractivity contribution in [2.45, 2.75) is 45.2 Å².